The van der Waals surface area contributed by atoms with Crippen LogP contribution in [0.25, 0.3) is 10.8 Å². The summed E-state index contributed by atoms with van der Waals surface area (Å²) in [4.78, 5) is 61.3. The summed E-state index contributed by atoms with van der Waals surface area (Å²) in [6.45, 7) is 14.4. The lowest BCUT2D eigenvalue weighted by molar-refractivity contribution is -0.161. The third kappa shape index (κ3) is 8.51. The van der Waals surface area contributed by atoms with Crippen LogP contribution in [-0.2, 0) is 33.8 Å². The summed E-state index contributed by atoms with van der Waals surface area (Å²) in [5.41, 5.74) is -3.06. The number of ether oxygens (including phenoxy) is 3. The summed E-state index contributed by atoms with van der Waals surface area (Å²) in [7, 11) is -2.57. The number of pyridine rings is 1. The highest BCUT2D eigenvalue weighted by atomic mass is 35.5. The monoisotopic (exact) mass is 746 g/mol. The predicted molar refractivity (Wildman–Crippen MR) is 192 cm³/mol. The molecule has 1 N–H and O–H groups in total. The lowest BCUT2D eigenvalue weighted by atomic mass is 9.77. The van der Waals surface area contributed by atoms with Crippen LogP contribution in [0.4, 0.5) is 0 Å². The van der Waals surface area contributed by atoms with Crippen LogP contribution in [0.2, 0.25) is 5.02 Å². The topological polar surface area (TPSA) is 158 Å². The first-order valence-corrected chi connectivity index (χ1v) is 19.1. The Kier molecular flexibility index (Phi) is 10.2. The SMILES string of the molecule is [2H]C1(S(=O)(=O)CC(=O)[C@@]2(NC(=O)[C@@H]3C[C@@H](Oc4ncc(OC)c5ccc(Cl)cc45)CN3C(=O)[C@@H](CC(=O)OC(C)(C)C)C(C)(C)C)C[C@H]2C=C)CC1. The molecule has 278 valence electrons. The van der Waals surface area contributed by atoms with Gasteiger partial charge in [-0.25, -0.2) is 13.4 Å². The van der Waals surface area contributed by atoms with E-state index >= 15 is 0 Å². The molecule has 1 saturated heterocycles. The van der Waals surface area contributed by atoms with Crippen LogP contribution < -0.4 is 14.8 Å². The van der Waals surface area contributed by atoms with E-state index in [-0.39, 0.29) is 44.5 Å². The smallest absolute Gasteiger partial charge is 0.307 e. The maximum atomic E-state index is 14.5. The Hall–Kier alpha value is -3.71. The molecular weight excluding hydrogens is 698 g/mol. The summed E-state index contributed by atoms with van der Waals surface area (Å²) >= 11 is 6.33. The second-order valence-electron chi connectivity index (χ2n) is 15.7. The van der Waals surface area contributed by atoms with Gasteiger partial charge in [-0.3, -0.25) is 19.2 Å². The molecule has 5 atom stereocenters. The zero-order valence-corrected chi connectivity index (χ0v) is 31.8. The second kappa shape index (κ2) is 14.0. The molecule has 3 aliphatic rings. The van der Waals surface area contributed by atoms with E-state index in [1.165, 1.54) is 24.3 Å². The number of amides is 2. The number of halogens is 1. The number of hydrogen-bond donors (Lipinski definition) is 1. The van der Waals surface area contributed by atoms with Crippen molar-refractivity contribution in [2.45, 2.75) is 102 Å². The van der Waals surface area contributed by atoms with E-state index in [0.29, 0.717) is 21.5 Å². The average molecular weight is 747 g/mol. The Balaban J connectivity index is 1.47. The fourth-order valence-corrected chi connectivity index (χ4v) is 8.35. The molecule has 1 aliphatic heterocycles. The number of rotatable bonds is 13. The fourth-order valence-electron chi connectivity index (χ4n) is 6.64. The summed E-state index contributed by atoms with van der Waals surface area (Å²) < 4.78 is 51.4. The third-order valence-corrected chi connectivity index (χ3v) is 11.8. The first kappa shape index (κ1) is 37.1. The Labute approximate surface area is 305 Å². The number of carbonyl (C=O) groups is 4. The molecule has 0 unspecified atom stereocenters. The number of aromatic nitrogens is 1. The Bertz CT molecular complexity index is 1900. The van der Waals surface area contributed by atoms with Crippen molar-refractivity contribution in [3.05, 3.63) is 42.1 Å². The average Bonchev–Trinajstić information content (AvgIpc) is 3.92. The second-order valence-corrected chi connectivity index (χ2v) is 18.3. The normalized spacial score (nSPS) is 25.0. The molecule has 2 saturated carbocycles. The maximum Gasteiger partial charge on any atom is 0.307 e. The van der Waals surface area contributed by atoms with E-state index in [1.807, 2.05) is 20.8 Å². The van der Waals surface area contributed by atoms with E-state index in [0.717, 1.165) is 0 Å². The number of sulfone groups is 1. The molecule has 1 aromatic heterocycles. The van der Waals surface area contributed by atoms with Crippen LogP contribution >= 0.6 is 11.6 Å². The van der Waals surface area contributed by atoms with Crippen molar-refractivity contribution in [3.63, 3.8) is 0 Å². The predicted octanol–water partition coefficient (Wildman–Crippen LogP) is 4.85. The molecule has 0 radical (unpaired) electrons. The van der Waals surface area contributed by atoms with Gasteiger partial charge in [0.15, 0.2) is 15.6 Å². The zero-order chi connectivity index (χ0) is 38.6. The highest BCUT2D eigenvalue weighted by molar-refractivity contribution is 7.93. The van der Waals surface area contributed by atoms with Gasteiger partial charge in [0.05, 0.1) is 37.4 Å². The number of fused-ring (bicyclic) bond motifs is 1. The Morgan fingerprint density at radius 1 is 1.18 bits per heavy atom. The number of esters is 1. The molecule has 2 aliphatic carbocycles. The number of benzene rings is 1. The number of nitrogens with one attached hydrogen (secondary N) is 1. The van der Waals surface area contributed by atoms with Crippen molar-refractivity contribution in [2.75, 3.05) is 19.4 Å². The molecule has 0 bridgehead atoms. The molecule has 51 heavy (non-hydrogen) atoms. The molecule has 3 fully saturated rings. The van der Waals surface area contributed by atoms with Gasteiger partial charge in [-0.05, 0) is 63.6 Å². The summed E-state index contributed by atoms with van der Waals surface area (Å²) in [6, 6.07) is 3.99. The van der Waals surface area contributed by atoms with Crippen molar-refractivity contribution in [1.82, 2.24) is 15.2 Å². The lowest BCUT2D eigenvalue weighted by Crippen LogP contribution is -2.55. The highest BCUT2D eigenvalue weighted by Gasteiger charge is 2.61. The summed E-state index contributed by atoms with van der Waals surface area (Å²) in [5, 5.41) is 2.77. The van der Waals surface area contributed by atoms with E-state index < -0.39 is 84.9 Å². The standard InChI is InChI=1S/C37H48ClN3O9S/c1-9-21-17-37(21,30(42)20-51(46,47)24-11-12-24)40-32(44)28-15-23(49-33-26-14-22(38)10-13-25(26)29(48-8)18-39-33)19-41(28)34(45)27(35(2,3)4)16-31(43)50-36(5,6)7/h9-10,13-14,18,21,23-24,27-28H,1,11-12,15-17,19-20H2,2-8H3,(H,40,44)/t21-,23-,27-,28+,37-/m1/s1/i24D. The van der Waals surface area contributed by atoms with Gasteiger partial charge in [-0.2, -0.15) is 0 Å². The zero-order valence-electron chi connectivity index (χ0n) is 31.2. The van der Waals surface area contributed by atoms with E-state index in [1.54, 1.807) is 39.0 Å². The number of nitrogens with zero attached hydrogens (tertiary/aromatic N) is 2. The Morgan fingerprint density at radius 2 is 1.86 bits per heavy atom. The van der Waals surface area contributed by atoms with Crippen LogP contribution in [0, 0.1) is 17.3 Å². The van der Waals surface area contributed by atoms with Crippen molar-refractivity contribution < 1.29 is 43.2 Å². The number of hydrogen-bond acceptors (Lipinski definition) is 10. The van der Waals surface area contributed by atoms with Crippen molar-refractivity contribution in [1.29, 1.82) is 0 Å². The van der Waals surface area contributed by atoms with Gasteiger partial charge in [0, 0.05) is 29.5 Å². The fraction of sp³-hybridized carbons (Fsp3) is 0.595. The van der Waals surface area contributed by atoms with E-state index in [9.17, 15) is 27.6 Å². The number of Topliss-reactive ketones (excluding diaryl/α,β-unsaturated/α-hetero) is 1. The molecule has 2 aromatic rings. The van der Waals surface area contributed by atoms with Gasteiger partial charge in [0.2, 0.25) is 17.7 Å². The minimum atomic E-state index is -4.08. The van der Waals surface area contributed by atoms with Crippen LogP contribution in [0.15, 0.2) is 37.1 Å². The van der Waals surface area contributed by atoms with Gasteiger partial charge in [0.1, 0.15) is 34.8 Å². The minimum Gasteiger partial charge on any atom is -0.494 e. The molecular formula is C37H48ClN3O9S. The lowest BCUT2D eigenvalue weighted by Gasteiger charge is -2.35. The number of methoxy groups -OCH3 is 1. The van der Waals surface area contributed by atoms with Crippen molar-refractivity contribution >= 4 is 55.8 Å². The van der Waals surface area contributed by atoms with Gasteiger partial charge < -0.3 is 24.4 Å². The van der Waals surface area contributed by atoms with E-state index in [4.69, 9.17) is 27.2 Å². The van der Waals surface area contributed by atoms with Crippen molar-refractivity contribution in [2.24, 2.45) is 17.3 Å². The maximum absolute atomic E-state index is 14.5. The van der Waals surface area contributed by atoms with Gasteiger partial charge in [0.25, 0.3) is 0 Å². The van der Waals surface area contributed by atoms with Gasteiger partial charge >= 0.3 is 5.97 Å². The third-order valence-electron chi connectivity index (χ3n) is 9.62. The first-order chi connectivity index (χ1) is 24.0. The largest absolute Gasteiger partial charge is 0.494 e. The van der Waals surface area contributed by atoms with Gasteiger partial charge in [-0.1, -0.05) is 38.4 Å². The number of ketones is 1. The van der Waals surface area contributed by atoms with Crippen LogP contribution in [0.3, 0.4) is 0 Å². The first-order valence-electron chi connectivity index (χ1n) is 17.6. The molecule has 14 heteroatoms. The quantitative estimate of drug-likeness (QED) is 0.222. The van der Waals surface area contributed by atoms with Crippen LogP contribution in [-0.4, -0.2) is 89.8 Å². The minimum absolute atomic E-state index is 0.00615. The molecule has 5 rings (SSSR count). The summed E-state index contributed by atoms with van der Waals surface area (Å²) in [5.74, 6) is -4.08. The van der Waals surface area contributed by atoms with Crippen LogP contribution in [0.5, 0.6) is 11.6 Å². The van der Waals surface area contributed by atoms with Gasteiger partial charge in [-0.15, -0.1) is 6.58 Å². The molecule has 0 spiro atoms. The van der Waals surface area contributed by atoms with Crippen molar-refractivity contribution in [3.8, 4) is 11.6 Å². The molecule has 2 heterocycles. The number of likely N-dealkylation sites (tertiary alicyclic amines) is 1. The molecule has 1 aromatic carbocycles. The molecule has 12 nitrogen and oxygen atoms in total. The Morgan fingerprint density at radius 3 is 2.43 bits per heavy atom. The summed E-state index contributed by atoms with van der Waals surface area (Å²) in [6.07, 6.45) is 2.41. The molecule has 2 amide bonds. The highest BCUT2D eigenvalue weighted by Crippen LogP contribution is 2.47. The number of carbonyl (C=O) groups excluding carboxylic acids is 4. The van der Waals surface area contributed by atoms with Crippen LogP contribution in [0.1, 0.15) is 75.0 Å². The van der Waals surface area contributed by atoms with E-state index in [2.05, 4.69) is 16.9 Å².